The van der Waals surface area contributed by atoms with Crippen LogP contribution < -0.4 is 5.32 Å². The van der Waals surface area contributed by atoms with Gasteiger partial charge in [-0.3, -0.25) is 0 Å². The molecule has 0 aromatic heterocycles. The average Bonchev–Trinajstić information content (AvgIpc) is 2.32. The fraction of sp³-hybridized carbons (Fsp3) is 0.200. The highest BCUT2D eigenvalue weighted by molar-refractivity contribution is 6.33. The maximum Gasteiger partial charge on any atom is 0.123 e. The SMILES string of the molecule is CC(Cc1cccc(F)c1)Nc1ccccc1Cl. The number of hydrogen-bond acceptors (Lipinski definition) is 1. The molecule has 1 N–H and O–H groups in total. The summed E-state index contributed by atoms with van der Waals surface area (Å²) in [5.41, 5.74) is 1.88. The molecule has 0 amide bonds. The molecule has 0 spiro atoms. The first-order valence-electron chi connectivity index (χ1n) is 5.90. The second-order valence-electron chi connectivity index (χ2n) is 4.36. The quantitative estimate of drug-likeness (QED) is 0.855. The number of hydrogen-bond donors (Lipinski definition) is 1. The lowest BCUT2D eigenvalue weighted by atomic mass is 10.1. The molecule has 1 nitrogen and oxygen atoms in total. The minimum Gasteiger partial charge on any atom is -0.381 e. The first-order chi connectivity index (χ1) is 8.65. The summed E-state index contributed by atoms with van der Waals surface area (Å²) in [6.45, 7) is 2.05. The Morgan fingerprint density at radius 2 is 1.94 bits per heavy atom. The van der Waals surface area contributed by atoms with E-state index in [4.69, 9.17) is 11.6 Å². The van der Waals surface area contributed by atoms with Gasteiger partial charge in [-0.05, 0) is 43.2 Å². The molecule has 0 aliphatic heterocycles. The van der Waals surface area contributed by atoms with Crippen molar-refractivity contribution in [2.75, 3.05) is 5.32 Å². The van der Waals surface area contributed by atoms with Crippen LogP contribution >= 0.6 is 11.6 Å². The van der Waals surface area contributed by atoms with Crippen molar-refractivity contribution in [1.82, 2.24) is 0 Å². The Kier molecular flexibility index (Phi) is 4.21. The highest BCUT2D eigenvalue weighted by atomic mass is 35.5. The van der Waals surface area contributed by atoms with Gasteiger partial charge in [-0.15, -0.1) is 0 Å². The van der Waals surface area contributed by atoms with E-state index in [1.165, 1.54) is 6.07 Å². The molecule has 1 unspecified atom stereocenters. The molecule has 18 heavy (non-hydrogen) atoms. The van der Waals surface area contributed by atoms with Gasteiger partial charge in [0, 0.05) is 6.04 Å². The molecule has 0 aliphatic rings. The van der Waals surface area contributed by atoms with Gasteiger partial charge in [0.05, 0.1) is 10.7 Å². The van der Waals surface area contributed by atoms with E-state index in [0.717, 1.165) is 17.7 Å². The third-order valence-electron chi connectivity index (χ3n) is 2.71. The predicted molar refractivity (Wildman–Crippen MR) is 74.6 cm³/mol. The normalized spacial score (nSPS) is 12.2. The van der Waals surface area contributed by atoms with E-state index >= 15 is 0 Å². The largest absolute Gasteiger partial charge is 0.381 e. The highest BCUT2D eigenvalue weighted by Gasteiger charge is 2.06. The molecule has 0 aliphatic carbocycles. The summed E-state index contributed by atoms with van der Waals surface area (Å²) in [5.74, 6) is -0.197. The van der Waals surface area contributed by atoms with Crippen LogP contribution in [0.4, 0.5) is 10.1 Å². The highest BCUT2D eigenvalue weighted by Crippen LogP contribution is 2.21. The molecule has 2 aromatic rings. The number of benzene rings is 2. The smallest absolute Gasteiger partial charge is 0.123 e. The maximum absolute atomic E-state index is 13.1. The number of anilines is 1. The zero-order valence-electron chi connectivity index (χ0n) is 10.2. The lowest BCUT2D eigenvalue weighted by Crippen LogP contribution is -2.18. The molecule has 0 heterocycles. The average molecular weight is 264 g/mol. The van der Waals surface area contributed by atoms with Gasteiger partial charge >= 0.3 is 0 Å². The molecule has 1 atom stereocenters. The van der Waals surface area contributed by atoms with Gasteiger partial charge in [0.2, 0.25) is 0 Å². The Bertz CT molecular complexity index is 527. The van der Waals surface area contributed by atoms with Crippen molar-refractivity contribution in [2.45, 2.75) is 19.4 Å². The van der Waals surface area contributed by atoms with Crippen molar-refractivity contribution >= 4 is 17.3 Å². The lowest BCUT2D eigenvalue weighted by molar-refractivity contribution is 0.624. The molecule has 0 bridgehead atoms. The van der Waals surface area contributed by atoms with Crippen molar-refractivity contribution in [3.8, 4) is 0 Å². The number of halogens is 2. The Balaban J connectivity index is 2.01. The van der Waals surface area contributed by atoms with E-state index in [1.807, 2.05) is 37.3 Å². The van der Waals surface area contributed by atoms with Crippen LogP contribution in [0.25, 0.3) is 0 Å². The van der Waals surface area contributed by atoms with Crippen molar-refractivity contribution in [2.24, 2.45) is 0 Å². The van der Waals surface area contributed by atoms with E-state index in [9.17, 15) is 4.39 Å². The zero-order valence-corrected chi connectivity index (χ0v) is 10.9. The Hall–Kier alpha value is -1.54. The van der Waals surface area contributed by atoms with Crippen LogP contribution in [0.15, 0.2) is 48.5 Å². The summed E-state index contributed by atoms with van der Waals surface area (Å²) in [4.78, 5) is 0. The molecule has 0 radical (unpaired) electrons. The van der Waals surface area contributed by atoms with Crippen LogP contribution in [0.1, 0.15) is 12.5 Å². The van der Waals surface area contributed by atoms with Gasteiger partial charge in [-0.2, -0.15) is 0 Å². The van der Waals surface area contributed by atoms with Crippen molar-refractivity contribution in [3.05, 3.63) is 64.9 Å². The summed E-state index contributed by atoms with van der Waals surface area (Å²) in [6, 6.07) is 14.5. The molecule has 2 rings (SSSR count). The van der Waals surface area contributed by atoms with Crippen LogP contribution in [0.2, 0.25) is 5.02 Å². The van der Waals surface area contributed by atoms with Crippen molar-refractivity contribution in [1.29, 1.82) is 0 Å². The first kappa shape index (κ1) is 12.9. The zero-order chi connectivity index (χ0) is 13.0. The topological polar surface area (TPSA) is 12.0 Å². The molecule has 0 saturated carbocycles. The summed E-state index contributed by atoms with van der Waals surface area (Å²) in [6.07, 6.45) is 0.753. The molecule has 0 fully saturated rings. The maximum atomic E-state index is 13.1. The van der Waals surface area contributed by atoms with Gasteiger partial charge in [0.25, 0.3) is 0 Å². The van der Waals surface area contributed by atoms with E-state index in [1.54, 1.807) is 12.1 Å². The minimum atomic E-state index is -0.197. The first-order valence-corrected chi connectivity index (χ1v) is 6.28. The number of para-hydroxylation sites is 1. The fourth-order valence-electron chi connectivity index (χ4n) is 1.91. The molecular weight excluding hydrogens is 249 g/mol. The van der Waals surface area contributed by atoms with Crippen LogP contribution in [0.3, 0.4) is 0 Å². The van der Waals surface area contributed by atoms with E-state index in [-0.39, 0.29) is 11.9 Å². The molecular formula is C15H15ClFN. The lowest BCUT2D eigenvalue weighted by Gasteiger charge is -2.16. The standard InChI is InChI=1S/C15H15ClFN/c1-11(9-12-5-4-6-13(17)10-12)18-15-8-3-2-7-14(15)16/h2-8,10-11,18H,9H2,1H3. The molecule has 0 saturated heterocycles. The van der Waals surface area contributed by atoms with Crippen LogP contribution in [0, 0.1) is 5.82 Å². The predicted octanol–water partition coefficient (Wildman–Crippen LogP) is 4.52. The minimum absolute atomic E-state index is 0.187. The summed E-state index contributed by atoms with van der Waals surface area (Å²) < 4.78 is 13.1. The van der Waals surface area contributed by atoms with Gasteiger partial charge in [0.15, 0.2) is 0 Å². The molecule has 3 heteroatoms. The fourth-order valence-corrected chi connectivity index (χ4v) is 2.10. The van der Waals surface area contributed by atoms with Crippen LogP contribution in [0.5, 0.6) is 0 Å². The second kappa shape index (κ2) is 5.87. The van der Waals surface area contributed by atoms with Crippen molar-refractivity contribution in [3.63, 3.8) is 0 Å². The molecule has 2 aromatic carbocycles. The Morgan fingerprint density at radius 1 is 1.17 bits per heavy atom. The van der Waals surface area contributed by atoms with Gasteiger partial charge in [0.1, 0.15) is 5.82 Å². The van der Waals surface area contributed by atoms with Gasteiger partial charge in [-0.1, -0.05) is 35.9 Å². The molecule has 94 valence electrons. The number of rotatable bonds is 4. The summed E-state index contributed by atoms with van der Waals surface area (Å²) >= 11 is 6.07. The summed E-state index contributed by atoms with van der Waals surface area (Å²) in [5, 5.41) is 4.02. The Morgan fingerprint density at radius 3 is 2.67 bits per heavy atom. The third-order valence-corrected chi connectivity index (χ3v) is 3.04. The van der Waals surface area contributed by atoms with Crippen LogP contribution in [-0.4, -0.2) is 6.04 Å². The van der Waals surface area contributed by atoms with Crippen molar-refractivity contribution < 1.29 is 4.39 Å². The second-order valence-corrected chi connectivity index (χ2v) is 4.77. The van der Waals surface area contributed by atoms with Crippen LogP contribution in [-0.2, 0) is 6.42 Å². The summed E-state index contributed by atoms with van der Waals surface area (Å²) in [7, 11) is 0. The van der Waals surface area contributed by atoms with E-state index in [2.05, 4.69) is 5.32 Å². The number of nitrogens with one attached hydrogen (secondary N) is 1. The van der Waals surface area contributed by atoms with E-state index in [0.29, 0.717) is 5.02 Å². The van der Waals surface area contributed by atoms with Gasteiger partial charge in [-0.25, -0.2) is 4.39 Å². The van der Waals surface area contributed by atoms with Gasteiger partial charge < -0.3 is 5.32 Å². The third kappa shape index (κ3) is 3.47. The van der Waals surface area contributed by atoms with E-state index < -0.39 is 0 Å². The Labute approximate surface area is 112 Å². The monoisotopic (exact) mass is 263 g/mol.